The van der Waals surface area contributed by atoms with Gasteiger partial charge >= 0.3 is 0 Å². The van der Waals surface area contributed by atoms with Gasteiger partial charge in [0.15, 0.2) is 0 Å². The molecule has 126 valence electrons. The monoisotopic (exact) mass is 344 g/mol. The fourth-order valence-electron chi connectivity index (χ4n) is 2.97. The van der Waals surface area contributed by atoms with Gasteiger partial charge in [-0.1, -0.05) is 18.2 Å². The highest BCUT2D eigenvalue weighted by molar-refractivity contribution is 7.12. The fraction of sp³-hybridized carbons (Fsp3) is 0.333. The van der Waals surface area contributed by atoms with Crippen molar-refractivity contribution in [1.29, 1.82) is 0 Å². The minimum atomic E-state index is -0.150. The number of ether oxygens (including phenoxy) is 1. The minimum absolute atomic E-state index is 0.0222. The molecule has 1 aliphatic rings. The van der Waals surface area contributed by atoms with Gasteiger partial charge in [0.25, 0.3) is 5.91 Å². The van der Waals surface area contributed by atoms with Gasteiger partial charge in [-0.3, -0.25) is 9.59 Å². The van der Waals surface area contributed by atoms with E-state index in [-0.39, 0.29) is 17.9 Å². The van der Waals surface area contributed by atoms with E-state index in [4.69, 9.17) is 4.74 Å². The number of thiophene rings is 1. The Kier molecular flexibility index (Phi) is 4.85. The summed E-state index contributed by atoms with van der Waals surface area (Å²) >= 11 is 1.44. The number of hydrogen-bond acceptors (Lipinski definition) is 4. The fourth-order valence-corrected chi connectivity index (χ4v) is 3.64. The Morgan fingerprint density at radius 1 is 1.17 bits per heavy atom. The van der Waals surface area contributed by atoms with Gasteiger partial charge in [-0.05, 0) is 29.1 Å². The summed E-state index contributed by atoms with van der Waals surface area (Å²) in [4.78, 5) is 29.0. The van der Waals surface area contributed by atoms with Gasteiger partial charge in [0.1, 0.15) is 5.75 Å². The van der Waals surface area contributed by atoms with Crippen LogP contribution in [0.15, 0.2) is 41.8 Å². The smallest absolute Gasteiger partial charge is 0.264 e. The highest BCUT2D eigenvalue weighted by atomic mass is 32.1. The van der Waals surface area contributed by atoms with Crippen LogP contribution in [0.1, 0.15) is 28.2 Å². The Morgan fingerprint density at radius 2 is 1.92 bits per heavy atom. The zero-order valence-corrected chi connectivity index (χ0v) is 14.6. The number of nitrogens with zero attached hydrogens (tertiary/aromatic N) is 2. The summed E-state index contributed by atoms with van der Waals surface area (Å²) in [6.45, 7) is 3.19. The molecule has 2 heterocycles. The summed E-state index contributed by atoms with van der Waals surface area (Å²) in [6, 6.07) is 11.3. The molecule has 0 spiro atoms. The molecule has 0 unspecified atom stereocenters. The topological polar surface area (TPSA) is 49.9 Å². The first-order valence-electron chi connectivity index (χ1n) is 7.84. The molecule has 0 saturated carbocycles. The van der Waals surface area contributed by atoms with Crippen molar-refractivity contribution < 1.29 is 14.3 Å². The van der Waals surface area contributed by atoms with E-state index in [1.807, 2.05) is 46.7 Å². The van der Waals surface area contributed by atoms with Gasteiger partial charge in [-0.15, -0.1) is 11.3 Å². The molecule has 0 radical (unpaired) electrons. The zero-order chi connectivity index (χ0) is 17.1. The number of carbonyl (C=O) groups is 2. The largest absolute Gasteiger partial charge is 0.497 e. The number of piperazine rings is 1. The Labute approximate surface area is 145 Å². The second-order valence-electron chi connectivity index (χ2n) is 5.73. The minimum Gasteiger partial charge on any atom is -0.497 e. The number of rotatable bonds is 3. The van der Waals surface area contributed by atoms with E-state index in [2.05, 4.69) is 0 Å². The molecular weight excluding hydrogens is 324 g/mol. The van der Waals surface area contributed by atoms with Crippen LogP contribution in [0.4, 0.5) is 0 Å². The van der Waals surface area contributed by atoms with Gasteiger partial charge in [-0.25, -0.2) is 0 Å². The van der Waals surface area contributed by atoms with Crippen LogP contribution in [0, 0.1) is 0 Å². The lowest BCUT2D eigenvalue weighted by Crippen LogP contribution is -2.51. The summed E-state index contributed by atoms with van der Waals surface area (Å²) in [7, 11) is 1.62. The summed E-state index contributed by atoms with van der Waals surface area (Å²) in [5.74, 6) is 0.833. The van der Waals surface area contributed by atoms with Crippen molar-refractivity contribution in [1.82, 2.24) is 9.80 Å². The highest BCUT2D eigenvalue weighted by Crippen LogP contribution is 2.29. The molecule has 0 bridgehead atoms. The molecule has 1 aromatic carbocycles. The Bertz CT molecular complexity index is 712. The first-order chi connectivity index (χ1) is 11.6. The number of benzene rings is 1. The van der Waals surface area contributed by atoms with Crippen LogP contribution >= 0.6 is 11.3 Å². The van der Waals surface area contributed by atoms with Crippen LogP contribution < -0.4 is 4.74 Å². The van der Waals surface area contributed by atoms with Crippen molar-refractivity contribution in [2.45, 2.75) is 13.0 Å². The first-order valence-corrected chi connectivity index (χ1v) is 8.72. The Balaban J connectivity index is 1.90. The molecule has 1 fully saturated rings. The normalized spacial score (nSPS) is 17.7. The Hall–Kier alpha value is -2.34. The standard InChI is InChI=1S/C18H20N2O3S/c1-13(21)19-9-10-20(18(22)17-4-3-11-24-17)16(12-19)14-5-7-15(23-2)8-6-14/h3-8,11,16H,9-10,12H2,1-2H3/t16-/m1/s1. The maximum Gasteiger partial charge on any atom is 0.264 e. The molecule has 2 amide bonds. The van der Waals surface area contributed by atoms with Gasteiger partial charge < -0.3 is 14.5 Å². The summed E-state index contributed by atoms with van der Waals surface area (Å²) in [6.07, 6.45) is 0. The third-order valence-electron chi connectivity index (χ3n) is 4.32. The maximum atomic E-state index is 12.9. The second kappa shape index (κ2) is 7.05. The molecule has 1 atom stereocenters. The van der Waals surface area contributed by atoms with Crippen molar-refractivity contribution in [3.8, 4) is 5.75 Å². The van der Waals surface area contributed by atoms with E-state index in [0.717, 1.165) is 16.2 Å². The highest BCUT2D eigenvalue weighted by Gasteiger charge is 2.33. The summed E-state index contributed by atoms with van der Waals surface area (Å²) in [5, 5.41) is 1.90. The number of hydrogen-bond donors (Lipinski definition) is 0. The van der Waals surface area contributed by atoms with E-state index in [1.165, 1.54) is 11.3 Å². The molecule has 3 rings (SSSR count). The van der Waals surface area contributed by atoms with Crippen molar-refractivity contribution in [2.24, 2.45) is 0 Å². The molecule has 1 saturated heterocycles. The zero-order valence-electron chi connectivity index (χ0n) is 13.8. The van der Waals surface area contributed by atoms with Crippen LogP contribution in [0.25, 0.3) is 0 Å². The van der Waals surface area contributed by atoms with E-state index in [1.54, 1.807) is 18.9 Å². The van der Waals surface area contributed by atoms with Crippen molar-refractivity contribution in [3.05, 3.63) is 52.2 Å². The van der Waals surface area contributed by atoms with E-state index < -0.39 is 0 Å². The lowest BCUT2D eigenvalue weighted by Gasteiger charge is -2.41. The SMILES string of the molecule is COc1ccc([C@H]2CN(C(C)=O)CCN2C(=O)c2cccs2)cc1. The molecule has 6 heteroatoms. The average Bonchev–Trinajstić information content (AvgIpc) is 3.15. The maximum absolute atomic E-state index is 12.9. The average molecular weight is 344 g/mol. The van der Waals surface area contributed by atoms with Crippen LogP contribution in [0.2, 0.25) is 0 Å². The van der Waals surface area contributed by atoms with Crippen molar-refractivity contribution in [3.63, 3.8) is 0 Å². The van der Waals surface area contributed by atoms with Gasteiger partial charge in [0.05, 0.1) is 18.0 Å². The quantitative estimate of drug-likeness (QED) is 0.860. The Morgan fingerprint density at radius 3 is 2.50 bits per heavy atom. The molecule has 1 aliphatic heterocycles. The van der Waals surface area contributed by atoms with Gasteiger partial charge in [0.2, 0.25) is 5.91 Å². The molecule has 0 N–H and O–H groups in total. The summed E-state index contributed by atoms with van der Waals surface area (Å²) in [5.41, 5.74) is 1.01. The number of amides is 2. The molecule has 0 aliphatic carbocycles. The van der Waals surface area contributed by atoms with Crippen LogP contribution in [-0.4, -0.2) is 48.4 Å². The van der Waals surface area contributed by atoms with Crippen LogP contribution in [0.5, 0.6) is 5.75 Å². The lowest BCUT2D eigenvalue weighted by atomic mass is 10.0. The predicted octanol–water partition coefficient (Wildman–Crippen LogP) is 2.80. The number of carbonyl (C=O) groups excluding carboxylic acids is 2. The van der Waals surface area contributed by atoms with Crippen molar-refractivity contribution >= 4 is 23.2 Å². The lowest BCUT2D eigenvalue weighted by molar-refractivity contribution is -0.131. The molecule has 5 nitrogen and oxygen atoms in total. The van der Waals surface area contributed by atoms with E-state index >= 15 is 0 Å². The third-order valence-corrected chi connectivity index (χ3v) is 5.18. The number of methoxy groups -OCH3 is 1. The predicted molar refractivity (Wildman–Crippen MR) is 93.3 cm³/mol. The molecule has 24 heavy (non-hydrogen) atoms. The summed E-state index contributed by atoms with van der Waals surface area (Å²) < 4.78 is 5.21. The molecular formula is C18H20N2O3S. The third kappa shape index (κ3) is 3.28. The van der Waals surface area contributed by atoms with Crippen molar-refractivity contribution in [2.75, 3.05) is 26.7 Å². The first kappa shape index (κ1) is 16.5. The van der Waals surface area contributed by atoms with E-state index in [9.17, 15) is 9.59 Å². The second-order valence-corrected chi connectivity index (χ2v) is 6.68. The van der Waals surface area contributed by atoms with E-state index in [0.29, 0.717) is 19.6 Å². The van der Waals surface area contributed by atoms with Gasteiger partial charge in [-0.2, -0.15) is 0 Å². The molecule has 2 aromatic rings. The molecule has 1 aromatic heterocycles. The van der Waals surface area contributed by atoms with Crippen LogP contribution in [0.3, 0.4) is 0 Å². The van der Waals surface area contributed by atoms with Crippen LogP contribution in [-0.2, 0) is 4.79 Å². The van der Waals surface area contributed by atoms with Gasteiger partial charge in [0, 0.05) is 26.6 Å².